The van der Waals surface area contributed by atoms with E-state index in [0.717, 1.165) is 13.1 Å². The smallest absolute Gasteiger partial charge is 0.0234 e. The summed E-state index contributed by atoms with van der Waals surface area (Å²) < 4.78 is 0.407. The Balaban J connectivity index is 1.92. The topological polar surface area (TPSA) is 15.3 Å². The normalized spacial score (nSPS) is 19.9. The number of rotatable bonds is 4. The summed E-state index contributed by atoms with van der Waals surface area (Å²) in [5.41, 5.74) is 2.79. The van der Waals surface area contributed by atoms with Crippen molar-refractivity contribution in [1.82, 2.24) is 10.2 Å². The van der Waals surface area contributed by atoms with E-state index in [1.54, 1.807) is 0 Å². The van der Waals surface area contributed by atoms with Crippen molar-refractivity contribution in [1.29, 1.82) is 0 Å². The minimum atomic E-state index is 0.407. The van der Waals surface area contributed by atoms with Crippen molar-refractivity contribution < 1.29 is 0 Å². The fourth-order valence-corrected chi connectivity index (χ4v) is 3.65. The molecule has 0 aromatic heterocycles. The lowest BCUT2D eigenvalue weighted by molar-refractivity contribution is 0.252. The van der Waals surface area contributed by atoms with Crippen molar-refractivity contribution in [2.45, 2.75) is 31.7 Å². The van der Waals surface area contributed by atoms with Gasteiger partial charge in [0.25, 0.3) is 0 Å². The van der Waals surface area contributed by atoms with Gasteiger partial charge in [0, 0.05) is 36.7 Å². The highest BCUT2D eigenvalue weighted by molar-refractivity contribution is 8.00. The molecule has 3 heteroatoms. The summed E-state index contributed by atoms with van der Waals surface area (Å²) >= 11 is 2.09. The van der Waals surface area contributed by atoms with Crippen molar-refractivity contribution in [3.8, 4) is 0 Å². The molecule has 0 unspecified atom stereocenters. The first-order chi connectivity index (χ1) is 8.59. The quantitative estimate of drug-likeness (QED) is 0.900. The lowest BCUT2D eigenvalue weighted by atomic mass is 10.1. The molecule has 100 valence electrons. The molecule has 0 saturated carbocycles. The lowest BCUT2D eigenvalue weighted by Gasteiger charge is -2.37. The number of hydrogen-bond donors (Lipinski definition) is 1. The summed E-state index contributed by atoms with van der Waals surface area (Å²) in [6, 6.07) is 8.99. The molecule has 1 aromatic carbocycles. The van der Waals surface area contributed by atoms with E-state index in [1.807, 2.05) is 7.05 Å². The monoisotopic (exact) mass is 264 g/mol. The van der Waals surface area contributed by atoms with E-state index in [4.69, 9.17) is 0 Å². The second kappa shape index (κ2) is 6.09. The molecule has 1 aliphatic rings. The molecule has 2 nitrogen and oxygen atoms in total. The van der Waals surface area contributed by atoms with Crippen LogP contribution in [-0.2, 0) is 13.1 Å². The molecule has 2 rings (SSSR count). The Hall–Kier alpha value is -0.510. The van der Waals surface area contributed by atoms with Gasteiger partial charge in [-0.15, -0.1) is 0 Å². The van der Waals surface area contributed by atoms with Crippen LogP contribution in [0, 0.1) is 0 Å². The molecule has 0 atom stereocenters. The van der Waals surface area contributed by atoms with Gasteiger partial charge in [-0.3, -0.25) is 4.90 Å². The van der Waals surface area contributed by atoms with Crippen LogP contribution in [0.2, 0.25) is 0 Å². The highest BCUT2D eigenvalue weighted by Crippen LogP contribution is 2.30. The van der Waals surface area contributed by atoms with Crippen LogP contribution in [0.4, 0.5) is 0 Å². The maximum absolute atomic E-state index is 3.18. The molecule has 0 radical (unpaired) electrons. The largest absolute Gasteiger partial charge is 0.316 e. The highest BCUT2D eigenvalue weighted by atomic mass is 32.2. The van der Waals surface area contributed by atoms with Crippen molar-refractivity contribution in [2.24, 2.45) is 0 Å². The minimum absolute atomic E-state index is 0.407. The summed E-state index contributed by atoms with van der Waals surface area (Å²) in [6.07, 6.45) is 0. The van der Waals surface area contributed by atoms with Gasteiger partial charge in [0.2, 0.25) is 0 Å². The zero-order valence-electron chi connectivity index (χ0n) is 11.7. The molecule has 1 fully saturated rings. The maximum atomic E-state index is 3.18. The van der Waals surface area contributed by atoms with Gasteiger partial charge in [0.1, 0.15) is 0 Å². The average molecular weight is 264 g/mol. The Morgan fingerprint density at radius 2 is 1.89 bits per heavy atom. The zero-order chi connectivity index (χ0) is 13.0. The summed E-state index contributed by atoms with van der Waals surface area (Å²) in [4.78, 5) is 2.57. The number of thioether (sulfide) groups is 1. The number of nitrogens with one attached hydrogen (secondary N) is 1. The van der Waals surface area contributed by atoms with Gasteiger partial charge in [-0.2, -0.15) is 11.8 Å². The second-order valence-corrected chi connectivity index (χ2v) is 7.47. The predicted octanol–water partition coefficient (Wildman–Crippen LogP) is 2.73. The standard InChI is InChI=1S/C15H24N2S/c1-15(2)12-17(8-9-18-15)11-14-6-4-13(5-7-14)10-16-3/h4-7,16H,8-12H2,1-3H3. The van der Waals surface area contributed by atoms with Gasteiger partial charge in [-0.1, -0.05) is 24.3 Å². The van der Waals surface area contributed by atoms with Crippen LogP contribution >= 0.6 is 11.8 Å². The third kappa shape index (κ3) is 4.01. The average Bonchev–Trinajstić information content (AvgIpc) is 2.31. The fourth-order valence-electron chi connectivity index (χ4n) is 2.47. The predicted molar refractivity (Wildman–Crippen MR) is 81.0 cm³/mol. The Kier molecular flexibility index (Phi) is 4.71. The molecular weight excluding hydrogens is 240 g/mol. The molecule has 1 aliphatic heterocycles. The Morgan fingerprint density at radius 3 is 2.50 bits per heavy atom. The Labute approximate surface area is 115 Å². The van der Waals surface area contributed by atoms with Crippen LogP contribution in [0.1, 0.15) is 25.0 Å². The molecule has 0 spiro atoms. The van der Waals surface area contributed by atoms with E-state index < -0.39 is 0 Å². The van der Waals surface area contributed by atoms with Crippen LogP contribution in [0.25, 0.3) is 0 Å². The summed E-state index contributed by atoms with van der Waals surface area (Å²) in [6.45, 7) is 9.14. The molecule has 0 bridgehead atoms. The summed E-state index contributed by atoms with van der Waals surface area (Å²) in [5.74, 6) is 1.25. The van der Waals surface area contributed by atoms with E-state index in [0.29, 0.717) is 4.75 Å². The molecular formula is C15H24N2S. The molecule has 1 saturated heterocycles. The van der Waals surface area contributed by atoms with Crippen molar-refractivity contribution in [2.75, 3.05) is 25.9 Å². The van der Waals surface area contributed by atoms with Crippen molar-refractivity contribution in [3.63, 3.8) is 0 Å². The SMILES string of the molecule is CNCc1ccc(CN2CCSC(C)(C)C2)cc1. The second-order valence-electron chi connectivity index (χ2n) is 5.67. The maximum Gasteiger partial charge on any atom is 0.0234 e. The fraction of sp³-hybridized carbons (Fsp3) is 0.600. The molecule has 1 heterocycles. The van der Waals surface area contributed by atoms with Crippen LogP contribution in [0.5, 0.6) is 0 Å². The van der Waals surface area contributed by atoms with E-state index in [9.17, 15) is 0 Å². The molecule has 18 heavy (non-hydrogen) atoms. The number of benzene rings is 1. The lowest BCUT2D eigenvalue weighted by Crippen LogP contribution is -2.42. The molecule has 1 aromatic rings. The van der Waals surface area contributed by atoms with Gasteiger partial charge in [-0.05, 0) is 32.0 Å². The van der Waals surface area contributed by atoms with Crippen LogP contribution in [0.15, 0.2) is 24.3 Å². The van der Waals surface area contributed by atoms with Gasteiger partial charge >= 0.3 is 0 Å². The Bertz CT molecular complexity index is 373. The zero-order valence-corrected chi connectivity index (χ0v) is 12.5. The van der Waals surface area contributed by atoms with Crippen LogP contribution in [0.3, 0.4) is 0 Å². The highest BCUT2D eigenvalue weighted by Gasteiger charge is 2.26. The van der Waals surface area contributed by atoms with Gasteiger partial charge in [0.15, 0.2) is 0 Å². The van der Waals surface area contributed by atoms with Crippen LogP contribution in [-0.4, -0.2) is 35.5 Å². The van der Waals surface area contributed by atoms with Crippen LogP contribution < -0.4 is 5.32 Å². The van der Waals surface area contributed by atoms with E-state index in [2.05, 4.69) is 60.1 Å². The minimum Gasteiger partial charge on any atom is -0.316 e. The Morgan fingerprint density at radius 1 is 1.22 bits per heavy atom. The van der Waals surface area contributed by atoms with E-state index in [-0.39, 0.29) is 0 Å². The number of hydrogen-bond acceptors (Lipinski definition) is 3. The van der Waals surface area contributed by atoms with Crippen molar-refractivity contribution >= 4 is 11.8 Å². The first-order valence-corrected chi connectivity index (χ1v) is 7.66. The third-order valence-electron chi connectivity index (χ3n) is 3.31. The van der Waals surface area contributed by atoms with E-state index >= 15 is 0 Å². The van der Waals surface area contributed by atoms with E-state index in [1.165, 1.54) is 30.0 Å². The van der Waals surface area contributed by atoms with Gasteiger partial charge in [-0.25, -0.2) is 0 Å². The van der Waals surface area contributed by atoms with Crippen molar-refractivity contribution in [3.05, 3.63) is 35.4 Å². The van der Waals surface area contributed by atoms with Gasteiger partial charge < -0.3 is 5.32 Å². The summed E-state index contributed by atoms with van der Waals surface area (Å²) in [5, 5.41) is 3.18. The summed E-state index contributed by atoms with van der Waals surface area (Å²) in [7, 11) is 1.99. The molecule has 1 N–H and O–H groups in total. The first kappa shape index (κ1) is 13.9. The molecule has 0 aliphatic carbocycles. The number of nitrogens with zero attached hydrogens (tertiary/aromatic N) is 1. The first-order valence-electron chi connectivity index (χ1n) is 6.68. The molecule has 0 amide bonds. The third-order valence-corrected chi connectivity index (χ3v) is 4.61. The van der Waals surface area contributed by atoms with Gasteiger partial charge in [0.05, 0.1) is 0 Å².